The molecule has 0 aliphatic heterocycles. The minimum Gasteiger partial charge on any atom is -0.398 e. The van der Waals surface area contributed by atoms with E-state index < -0.39 is 5.82 Å². The van der Waals surface area contributed by atoms with Crippen LogP contribution in [0.5, 0.6) is 0 Å². The summed E-state index contributed by atoms with van der Waals surface area (Å²) in [5.74, 6) is -0.694. The van der Waals surface area contributed by atoms with Crippen LogP contribution in [0.25, 0.3) is 0 Å². The van der Waals surface area contributed by atoms with Gasteiger partial charge in [-0.25, -0.2) is 4.39 Å². The maximum Gasteiger partial charge on any atom is 0.253 e. The number of nitrogens with zero attached hydrogens (tertiary/aromatic N) is 1. The monoisotopic (exact) mass is 254 g/mol. The first-order valence-corrected chi connectivity index (χ1v) is 5.77. The summed E-state index contributed by atoms with van der Waals surface area (Å²) >= 11 is 0. The fourth-order valence-corrected chi connectivity index (χ4v) is 1.59. The molecule has 1 aromatic carbocycles. The van der Waals surface area contributed by atoms with Crippen molar-refractivity contribution in [3.05, 3.63) is 29.1 Å². The molecule has 1 rings (SSSR count). The lowest BCUT2D eigenvalue weighted by Crippen LogP contribution is -2.28. The van der Waals surface area contributed by atoms with E-state index in [4.69, 9.17) is 10.5 Å². The van der Waals surface area contributed by atoms with Gasteiger partial charge in [-0.15, -0.1) is 0 Å². The van der Waals surface area contributed by atoms with Gasteiger partial charge in [0.15, 0.2) is 0 Å². The van der Waals surface area contributed by atoms with Crippen molar-refractivity contribution in [2.45, 2.75) is 13.3 Å². The highest BCUT2D eigenvalue weighted by Gasteiger charge is 2.14. The minimum atomic E-state index is -0.455. The van der Waals surface area contributed by atoms with Gasteiger partial charge < -0.3 is 15.4 Å². The number of ether oxygens (including phenoxy) is 1. The van der Waals surface area contributed by atoms with Crippen LogP contribution < -0.4 is 5.73 Å². The van der Waals surface area contributed by atoms with E-state index in [1.165, 1.54) is 17.0 Å². The van der Waals surface area contributed by atoms with Crippen LogP contribution in [-0.2, 0) is 4.74 Å². The van der Waals surface area contributed by atoms with Gasteiger partial charge in [0.2, 0.25) is 0 Å². The Kier molecular flexibility index (Phi) is 5.09. The molecule has 100 valence electrons. The van der Waals surface area contributed by atoms with Crippen LogP contribution in [0.15, 0.2) is 12.1 Å². The third-order valence-corrected chi connectivity index (χ3v) is 2.82. The number of anilines is 1. The van der Waals surface area contributed by atoms with Gasteiger partial charge in [-0.05, 0) is 25.5 Å². The lowest BCUT2D eigenvalue weighted by molar-refractivity contribution is 0.0779. The van der Waals surface area contributed by atoms with Gasteiger partial charge in [0.1, 0.15) is 5.82 Å². The number of hydrogen-bond donors (Lipinski definition) is 1. The fourth-order valence-electron chi connectivity index (χ4n) is 1.59. The minimum absolute atomic E-state index is 0.239. The van der Waals surface area contributed by atoms with Crippen molar-refractivity contribution in [1.29, 1.82) is 0 Å². The van der Waals surface area contributed by atoms with E-state index in [1.54, 1.807) is 21.1 Å². The van der Waals surface area contributed by atoms with Crippen molar-refractivity contribution < 1.29 is 13.9 Å². The van der Waals surface area contributed by atoms with E-state index in [0.717, 1.165) is 6.42 Å². The summed E-state index contributed by atoms with van der Waals surface area (Å²) in [7, 11) is 3.28. The molecule has 0 unspecified atom stereocenters. The first kappa shape index (κ1) is 14.4. The highest BCUT2D eigenvalue weighted by atomic mass is 19.1. The van der Waals surface area contributed by atoms with Crippen molar-refractivity contribution in [3.63, 3.8) is 0 Å². The Balaban J connectivity index is 2.77. The summed E-state index contributed by atoms with van der Waals surface area (Å²) in [5, 5.41) is 0. The van der Waals surface area contributed by atoms with E-state index >= 15 is 0 Å². The fraction of sp³-hybridized carbons (Fsp3) is 0.462. The number of amides is 1. The van der Waals surface area contributed by atoms with Gasteiger partial charge in [-0.3, -0.25) is 4.79 Å². The molecule has 1 amide bonds. The van der Waals surface area contributed by atoms with Gasteiger partial charge in [0.05, 0.1) is 0 Å². The second-order valence-electron chi connectivity index (χ2n) is 4.25. The van der Waals surface area contributed by atoms with Crippen molar-refractivity contribution in [1.82, 2.24) is 4.90 Å². The lowest BCUT2D eigenvalue weighted by Gasteiger charge is -2.17. The zero-order valence-corrected chi connectivity index (χ0v) is 11.0. The maximum atomic E-state index is 13.5. The van der Waals surface area contributed by atoms with E-state index in [-0.39, 0.29) is 11.5 Å². The number of carbonyl (C=O) groups is 1. The molecule has 4 nitrogen and oxygen atoms in total. The Labute approximate surface area is 107 Å². The molecule has 0 heterocycles. The average Bonchev–Trinajstić information content (AvgIpc) is 2.34. The molecular formula is C13H19FN2O2. The van der Waals surface area contributed by atoms with Gasteiger partial charge in [0, 0.05) is 44.1 Å². The number of benzene rings is 1. The Morgan fingerprint density at radius 1 is 1.50 bits per heavy atom. The van der Waals surface area contributed by atoms with Gasteiger partial charge in [-0.1, -0.05) is 0 Å². The van der Waals surface area contributed by atoms with Crippen molar-refractivity contribution in [2.24, 2.45) is 0 Å². The van der Waals surface area contributed by atoms with Crippen molar-refractivity contribution >= 4 is 11.6 Å². The molecule has 5 heteroatoms. The highest BCUT2D eigenvalue weighted by molar-refractivity contribution is 5.95. The van der Waals surface area contributed by atoms with Crippen LogP contribution in [0, 0.1) is 12.7 Å². The molecule has 0 aromatic heterocycles. The zero-order chi connectivity index (χ0) is 13.7. The summed E-state index contributed by atoms with van der Waals surface area (Å²) in [6.45, 7) is 2.73. The van der Waals surface area contributed by atoms with E-state index in [9.17, 15) is 9.18 Å². The quantitative estimate of drug-likeness (QED) is 0.644. The van der Waals surface area contributed by atoms with E-state index in [2.05, 4.69) is 0 Å². The number of halogens is 1. The highest BCUT2D eigenvalue weighted by Crippen LogP contribution is 2.18. The third-order valence-electron chi connectivity index (χ3n) is 2.82. The summed E-state index contributed by atoms with van der Waals surface area (Å²) in [6.07, 6.45) is 0.739. The lowest BCUT2D eigenvalue weighted by atomic mass is 10.1. The van der Waals surface area contributed by atoms with Crippen molar-refractivity contribution in [2.75, 3.05) is 33.0 Å². The predicted octanol–water partition coefficient (Wildman–Crippen LogP) is 1.82. The standard InChI is InChI=1S/C13H19FN2O2/c1-9-11(14)7-10(8-12(9)15)13(17)16(2)5-4-6-18-3/h7-8H,4-6,15H2,1-3H3. The molecule has 0 radical (unpaired) electrons. The summed E-state index contributed by atoms with van der Waals surface area (Å²) in [4.78, 5) is 13.5. The van der Waals surface area contributed by atoms with Crippen LogP contribution in [0.2, 0.25) is 0 Å². The van der Waals surface area contributed by atoms with Crippen LogP contribution in [0.3, 0.4) is 0 Å². The topological polar surface area (TPSA) is 55.6 Å². The molecule has 0 saturated carbocycles. The molecule has 18 heavy (non-hydrogen) atoms. The first-order valence-electron chi connectivity index (χ1n) is 5.77. The summed E-state index contributed by atoms with van der Waals surface area (Å²) in [5.41, 5.74) is 6.59. The molecule has 0 aliphatic carbocycles. The second-order valence-corrected chi connectivity index (χ2v) is 4.25. The molecule has 0 bridgehead atoms. The zero-order valence-electron chi connectivity index (χ0n) is 11.0. The van der Waals surface area contributed by atoms with Gasteiger partial charge in [-0.2, -0.15) is 0 Å². The van der Waals surface area contributed by atoms with E-state index in [1.807, 2.05) is 0 Å². The summed E-state index contributed by atoms with van der Waals surface area (Å²) in [6, 6.07) is 2.73. The number of nitrogens with two attached hydrogens (primary N) is 1. The number of hydrogen-bond acceptors (Lipinski definition) is 3. The van der Waals surface area contributed by atoms with Crippen LogP contribution in [-0.4, -0.2) is 38.1 Å². The Hall–Kier alpha value is -1.62. The smallest absolute Gasteiger partial charge is 0.253 e. The Morgan fingerprint density at radius 3 is 2.72 bits per heavy atom. The SMILES string of the molecule is COCCCN(C)C(=O)c1cc(N)c(C)c(F)c1. The molecule has 0 fully saturated rings. The molecular weight excluding hydrogens is 235 g/mol. The number of methoxy groups -OCH3 is 1. The molecule has 0 aliphatic rings. The normalized spacial score (nSPS) is 10.4. The Bertz CT molecular complexity index is 412. The molecule has 0 spiro atoms. The van der Waals surface area contributed by atoms with Gasteiger partial charge >= 0.3 is 0 Å². The average molecular weight is 254 g/mol. The molecule has 2 N–H and O–H groups in total. The molecule has 1 aromatic rings. The maximum absolute atomic E-state index is 13.5. The molecule has 0 atom stereocenters. The number of nitrogen functional groups attached to an aromatic ring is 1. The summed E-state index contributed by atoms with van der Waals surface area (Å²) < 4.78 is 18.4. The van der Waals surface area contributed by atoms with Crippen LogP contribution in [0.4, 0.5) is 10.1 Å². The molecule has 0 saturated heterocycles. The van der Waals surface area contributed by atoms with Gasteiger partial charge in [0.25, 0.3) is 5.91 Å². The largest absolute Gasteiger partial charge is 0.398 e. The third kappa shape index (κ3) is 3.43. The van der Waals surface area contributed by atoms with Crippen molar-refractivity contribution in [3.8, 4) is 0 Å². The van der Waals surface area contributed by atoms with E-state index in [0.29, 0.717) is 24.4 Å². The predicted molar refractivity (Wildman–Crippen MR) is 69.0 cm³/mol. The van der Waals surface area contributed by atoms with Crippen LogP contribution >= 0.6 is 0 Å². The first-order chi connectivity index (χ1) is 8.47. The number of carbonyl (C=O) groups excluding carboxylic acids is 1. The number of rotatable bonds is 5. The second kappa shape index (κ2) is 6.35. The Morgan fingerprint density at radius 2 is 2.17 bits per heavy atom. The van der Waals surface area contributed by atoms with Crippen LogP contribution in [0.1, 0.15) is 22.3 Å².